The second-order valence-corrected chi connectivity index (χ2v) is 4.99. The number of aliphatic hydroxyl groups is 1. The van der Waals surface area contributed by atoms with Crippen molar-refractivity contribution in [3.63, 3.8) is 0 Å². The van der Waals surface area contributed by atoms with Gasteiger partial charge >= 0.3 is 0 Å². The molecule has 0 aromatic heterocycles. The van der Waals surface area contributed by atoms with E-state index in [9.17, 15) is 5.11 Å². The average molecular weight is 319 g/mol. The van der Waals surface area contributed by atoms with Gasteiger partial charge in [-0.2, -0.15) is 0 Å². The van der Waals surface area contributed by atoms with Crippen molar-refractivity contribution >= 4 is 15.9 Å². The zero-order valence-electron chi connectivity index (χ0n) is 10.4. The van der Waals surface area contributed by atoms with Gasteiger partial charge in [0, 0.05) is 10.0 Å². The van der Waals surface area contributed by atoms with Gasteiger partial charge in [-0.15, -0.1) is 6.58 Å². The van der Waals surface area contributed by atoms with E-state index < -0.39 is 6.10 Å². The lowest BCUT2D eigenvalue weighted by Crippen LogP contribution is -1.98. The van der Waals surface area contributed by atoms with Gasteiger partial charge in [0.2, 0.25) is 0 Å². The average Bonchev–Trinajstić information content (AvgIpc) is 2.46. The highest BCUT2D eigenvalue weighted by atomic mass is 79.9. The molecule has 2 nitrogen and oxygen atoms in total. The molecule has 0 aliphatic heterocycles. The van der Waals surface area contributed by atoms with Crippen molar-refractivity contribution in [1.82, 2.24) is 0 Å². The number of rotatable bonds is 5. The summed E-state index contributed by atoms with van der Waals surface area (Å²) >= 11 is 3.40. The molecule has 98 valence electrons. The van der Waals surface area contributed by atoms with E-state index in [0.717, 1.165) is 21.3 Å². The van der Waals surface area contributed by atoms with E-state index in [-0.39, 0.29) is 0 Å². The molecule has 0 aliphatic carbocycles. The summed E-state index contributed by atoms with van der Waals surface area (Å²) in [6.45, 7) is 4.10. The normalized spacial score (nSPS) is 11.9. The molecule has 1 atom stereocenters. The fraction of sp³-hybridized carbons (Fsp3) is 0.125. The maximum atomic E-state index is 9.82. The SMILES string of the molecule is C=CC(O)c1cc(OCc2ccccc2)ccc1Br. The van der Waals surface area contributed by atoms with Gasteiger partial charge < -0.3 is 9.84 Å². The molecule has 0 aliphatic rings. The monoisotopic (exact) mass is 318 g/mol. The van der Waals surface area contributed by atoms with E-state index in [2.05, 4.69) is 22.5 Å². The highest BCUT2D eigenvalue weighted by Gasteiger charge is 2.09. The van der Waals surface area contributed by atoms with E-state index in [1.807, 2.05) is 48.5 Å². The minimum Gasteiger partial charge on any atom is -0.489 e. The Bertz CT molecular complexity index is 552. The lowest BCUT2D eigenvalue weighted by Gasteiger charge is -2.12. The number of aliphatic hydroxyl groups excluding tert-OH is 1. The number of hydrogen-bond donors (Lipinski definition) is 1. The van der Waals surface area contributed by atoms with Crippen molar-refractivity contribution in [3.05, 3.63) is 76.8 Å². The van der Waals surface area contributed by atoms with Crippen LogP contribution in [0.1, 0.15) is 17.2 Å². The lowest BCUT2D eigenvalue weighted by molar-refractivity contribution is 0.227. The Balaban J connectivity index is 2.11. The standard InChI is InChI=1S/C16H15BrO2/c1-2-16(18)14-10-13(8-9-15(14)17)19-11-12-6-4-3-5-7-12/h2-10,16,18H,1,11H2. The Hall–Kier alpha value is -1.58. The van der Waals surface area contributed by atoms with Crippen molar-refractivity contribution in [1.29, 1.82) is 0 Å². The molecule has 0 saturated carbocycles. The second kappa shape index (κ2) is 6.55. The van der Waals surface area contributed by atoms with Gasteiger partial charge in [-0.3, -0.25) is 0 Å². The number of hydrogen-bond acceptors (Lipinski definition) is 2. The van der Waals surface area contributed by atoms with E-state index in [4.69, 9.17) is 4.74 Å². The van der Waals surface area contributed by atoms with E-state index >= 15 is 0 Å². The van der Waals surface area contributed by atoms with Gasteiger partial charge in [0.1, 0.15) is 12.4 Å². The quantitative estimate of drug-likeness (QED) is 0.835. The maximum absolute atomic E-state index is 9.82. The first-order valence-corrected chi connectivity index (χ1v) is 6.77. The van der Waals surface area contributed by atoms with Crippen LogP contribution in [0.5, 0.6) is 5.75 Å². The van der Waals surface area contributed by atoms with Crippen LogP contribution in [0.25, 0.3) is 0 Å². The Morgan fingerprint density at radius 2 is 1.95 bits per heavy atom. The third-order valence-corrected chi connectivity index (χ3v) is 3.48. The molecule has 0 spiro atoms. The molecule has 0 radical (unpaired) electrons. The first-order valence-electron chi connectivity index (χ1n) is 5.97. The second-order valence-electron chi connectivity index (χ2n) is 4.14. The number of ether oxygens (including phenoxy) is 1. The molecule has 2 aromatic carbocycles. The largest absolute Gasteiger partial charge is 0.489 e. The Morgan fingerprint density at radius 3 is 2.63 bits per heavy atom. The Labute approximate surface area is 121 Å². The van der Waals surface area contributed by atoms with Crippen molar-refractivity contribution in [2.45, 2.75) is 12.7 Å². The molecule has 0 bridgehead atoms. The van der Waals surface area contributed by atoms with Gasteiger partial charge in [-0.1, -0.05) is 52.3 Å². The first kappa shape index (κ1) is 13.8. The molecule has 3 heteroatoms. The molecule has 1 unspecified atom stereocenters. The van der Waals surface area contributed by atoms with Crippen LogP contribution >= 0.6 is 15.9 Å². The lowest BCUT2D eigenvalue weighted by atomic mass is 10.1. The molecule has 19 heavy (non-hydrogen) atoms. The van der Waals surface area contributed by atoms with Crippen molar-refractivity contribution in [3.8, 4) is 5.75 Å². The summed E-state index contributed by atoms with van der Waals surface area (Å²) in [4.78, 5) is 0. The summed E-state index contributed by atoms with van der Waals surface area (Å²) < 4.78 is 6.56. The van der Waals surface area contributed by atoms with Crippen LogP contribution in [0.3, 0.4) is 0 Å². The van der Waals surface area contributed by atoms with Crippen molar-refractivity contribution in [2.24, 2.45) is 0 Å². The van der Waals surface area contributed by atoms with Crippen LogP contribution in [0.15, 0.2) is 65.7 Å². The zero-order chi connectivity index (χ0) is 13.7. The van der Waals surface area contributed by atoms with Gasteiger partial charge in [0.15, 0.2) is 0 Å². The summed E-state index contributed by atoms with van der Waals surface area (Å²) in [5.74, 6) is 0.725. The molecule has 2 rings (SSSR count). The molecule has 0 fully saturated rings. The number of halogens is 1. The van der Waals surface area contributed by atoms with Crippen LogP contribution in [0, 0.1) is 0 Å². The van der Waals surface area contributed by atoms with E-state index in [0.29, 0.717) is 6.61 Å². The smallest absolute Gasteiger partial charge is 0.120 e. The maximum Gasteiger partial charge on any atom is 0.120 e. The summed E-state index contributed by atoms with van der Waals surface area (Å²) in [7, 11) is 0. The predicted octanol–water partition coefficient (Wildman–Crippen LogP) is 4.25. The Kier molecular flexibility index (Phi) is 4.77. The predicted molar refractivity (Wildman–Crippen MR) is 80.1 cm³/mol. The minimum absolute atomic E-state index is 0.506. The van der Waals surface area contributed by atoms with Gasteiger partial charge in [-0.25, -0.2) is 0 Å². The fourth-order valence-electron chi connectivity index (χ4n) is 1.71. The molecular formula is C16H15BrO2. The summed E-state index contributed by atoms with van der Waals surface area (Å²) in [6.07, 6.45) is 0.788. The minimum atomic E-state index is -0.699. The van der Waals surface area contributed by atoms with Crippen molar-refractivity contribution in [2.75, 3.05) is 0 Å². The highest BCUT2D eigenvalue weighted by molar-refractivity contribution is 9.10. The van der Waals surface area contributed by atoms with E-state index in [1.54, 1.807) is 0 Å². The zero-order valence-corrected chi connectivity index (χ0v) is 12.0. The molecule has 0 amide bonds. The summed E-state index contributed by atoms with van der Waals surface area (Å²) in [5, 5.41) is 9.82. The number of benzene rings is 2. The van der Waals surface area contributed by atoms with Crippen LogP contribution in [0.4, 0.5) is 0 Å². The first-order chi connectivity index (χ1) is 9.20. The van der Waals surface area contributed by atoms with E-state index in [1.165, 1.54) is 6.08 Å². The van der Waals surface area contributed by atoms with Gasteiger partial charge in [0.05, 0.1) is 6.10 Å². The summed E-state index contributed by atoms with van der Waals surface area (Å²) in [5.41, 5.74) is 1.86. The van der Waals surface area contributed by atoms with Gasteiger partial charge in [-0.05, 0) is 23.8 Å². The topological polar surface area (TPSA) is 29.5 Å². The third-order valence-electron chi connectivity index (χ3n) is 2.76. The third kappa shape index (κ3) is 3.69. The summed E-state index contributed by atoms with van der Waals surface area (Å²) in [6, 6.07) is 15.5. The van der Waals surface area contributed by atoms with Crippen LogP contribution < -0.4 is 4.74 Å². The molecule has 0 heterocycles. The van der Waals surface area contributed by atoms with Crippen LogP contribution in [-0.2, 0) is 6.61 Å². The fourth-order valence-corrected chi connectivity index (χ4v) is 2.19. The Morgan fingerprint density at radius 1 is 1.21 bits per heavy atom. The molecule has 0 saturated heterocycles. The van der Waals surface area contributed by atoms with Crippen LogP contribution in [-0.4, -0.2) is 5.11 Å². The molecule has 1 N–H and O–H groups in total. The van der Waals surface area contributed by atoms with Crippen molar-refractivity contribution < 1.29 is 9.84 Å². The molecular weight excluding hydrogens is 304 g/mol. The highest BCUT2D eigenvalue weighted by Crippen LogP contribution is 2.28. The molecule has 2 aromatic rings. The van der Waals surface area contributed by atoms with Crippen LogP contribution in [0.2, 0.25) is 0 Å². The van der Waals surface area contributed by atoms with Gasteiger partial charge in [0.25, 0.3) is 0 Å².